The van der Waals surface area contributed by atoms with Gasteiger partial charge < -0.3 is 0 Å². The Bertz CT molecular complexity index is 1070. The average molecular weight is 444 g/mol. The third kappa shape index (κ3) is 2.18. The van der Waals surface area contributed by atoms with Crippen LogP contribution in [0.4, 0.5) is 0 Å². The molecule has 0 N–H and O–H groups in total. The summed E-state index contributed by atoms with van der Waals surface area (Å²) in [5, 5.41) is 0. The fraction of sp³-hybridized carbons (Fsp3) is 0.0400. The van der Waals surface area contributed by atoms with Crippen LogP contribution in [0.15, 0.2) is 112 Å². The summed E-state index contributed by atoms with van der Waals surface area (Å²) in [5.41, 5.74) is 11.1. The van der Waals surface area contributed by atoms with E-state index in [4.69, 9.17) is 0 Å². The Morgan fingerprint density at radius 1 is 0.769 bits per heavy atom. The number of allylic oxidation sites excluding steroid dienone is 8. The van der Waals surface area contributed by atoms with Crippen LogP contribution >= 0.6 is 20.7 Å². The largest absolute Gasteiger partial charge is 0.120 e. The summed E-state index contributed by atoms with van der Waals surface area (Å²) < 4.78 is 4.73. The van der Waals surface area contributed by atoms with Gasteiger partial charge in [0.15, 0.2) is 0 Å². The zero-order chi connectivity index (χ0) is 17.4. The maximum atomic E-state index is 3.34. The van der Waals surface area contributed by atoms with Gasteiger partial charge in [0.25, 0.3) is 0 Å². The lowest BCUT2D eigenvalue weighted by molar-refractivity contribution is 0.768. The fourth-order valence-corrected chi connectivity index (χ4v) is 5.70. The van der Waals surface area contributed by atoms with Crippen molar-refractivity contribution in [3.63, 3.8) is 0 Å². The van der Waals surface area contributed by atoms with Gasteiger partial charge in [-0.15, -0.1) is 5.73 Å². The normalized spacial score (nSPS) is 18.5. The van der Waals surface area contributed by atoms with E-state index < -0.39 is 0 Å². The van der Waals surface area contributed by atoms with Crippen LogP contribution in [-0.2, 0) is 5.41 Å². The first-order chi connectivity index (χ1) is 12.9. The van der Waals surface area contributed by atoms with E-state index in [1.807, 2.05) is 12.2 Å². The minimum Gasteiger partial charge on any atom is -0.120 e. The highest BCUT2D eigenvalue weighted by atomic mass is 127. The van der Waals surface area contributed by atoms with Gasteiger partial charge in [-0.2, -0.15) is 0 Å². The third-order valence-electron chi connectivity index (χ3n) is 5.27. The van der Waals surface area contributed by atoms with E-state index in [1.54, 1.807) is 0 Å². The molecule has 1 heterocycles. The molecular weight excluding hydrogens is 427 g/mol. The molecule has 124 valence electrons. The summed E-state index contributed by atoms with van der Waals surface area (Å²) in [6, 6.07) is 17.7. The van der Waals surface area contributed by atoms with Crippen LogP contribution in [0.3, 0.4) is 0 Å². The molecule has 0 amide bonds. The van der Waals surface area contributed by atoms with Gasteiger partial charge in [0, 0.05) is 0 Å². The predicted molar refractivity (Wildman–Crippen MR) is 120 cm³/mol. The van der Waals surface area contributed by atoms with Crippen molar-refractivity contribution in [1.29, 1.82) is 0 Å². The molecule has 0 atom stereocenters. The van der Waals surface area contributed by atoms with Gasteiger partial charge in [0.05, 0.1) is 5.41 Å². The quantitative estimate of drug-likeness (QED) is 0.372. The molecule has 5 rings (SSSR count). The summed E-state index contributed by atoms with van der Waals surface area (Å²) in [6.45, 7) is 0. The van der Waals surface area contributed by atoms with Crippen molar-refractivity contribution in [3.05, 3.63) is 123 Å². The van der Waals surface area contributed by atoms with Crippen LogP contribution in [0.1, 0.15) is 11.1 Å². The van der Waals surface area contributed by atoms with Crippen molar-refractivity contribution in [1.82, 2.24) is 0 Å². The van der Waals surface area contributed by atoms with Gasteiger partial charge in [0.1, 0.15) is 0 Å². The molecule has 1 heteroatoms. The fourth-order valence-electron chi connectivity index (χ4n) is 4.27. The van der Waals surface area contributed by atoms with E-state index in [9.17, 15) is 0 Å². The zero-order valence-electron chi connectivity index (χ0n) is 14.2. The molecule has 0 nitrogen and oxygen atoms in total. The molecule has 1 aliphatic heterocycles. The van der Waals surface area contributed by atoms with Gasteiger partial charge in [-0.3, -0.25) is 0 Å². The standard InChI is InChI=1S/C25H17I/c1-2-4-10-19(9-3-1)25(20-15-17-26-18-16-20)23-13-7-5-11-21(23)22-12-6-8-14-24(22)25/h1-3,5-18H. The van der Waals surface area contributed by atoms with Crippen molar-refractivity contribution < 1.29 is 0 Å². The molecule has 0 radical (unpaired) electrons. The van der Waals surface area contributed by atoms with Gasteiger partial charge >= 0.3 is 0 Å². The first-order valence-corrected chi connectivity index (χ1v) is 11.2. The molecule has 26 heavy (non-hydrogen) atoms. The van der Waals surface area contributed by atoms with Crippen molar-refractivity contribution in [2.75, 3.05) is 0 Å². The van der Waals surface area contributed by atoms with E-state index >= 15 is 0 Å². The second-order valence-corrected chi connectivity index (χ2v) is 8.65. The van der Waals surface area contributed by atoms with Crippen molar-refractivity contribution in [2.45, 2.75) is 5.41 Å². The highest BCUT2D eigenvalue weighted by Crippen LogP contribution is 2.57. The van der Waals surface area contributed by atoms with Gasteiger partial charge in [0.2, 0.25) is 0 Å². The van der Waals surface area contributed by atoms with Crippen LogP contribution in [-0.4, -0.2) is 4.01 Å². The summed E-state index contributed by atoms with van der Waals surface area (Å²) in [6.07, 6.45) is 15.2. The number of halogens is 1. The maximum Gasteiger partial charge on any atom is 0.0719 e. The Morgan fingerprint density at radius 2 is 1.50 bits per heavy atom. The summed E-state index contributed by atoms with van der Waals surface area (Å²) in [7, 11) is 0. The van der Waals surface area contributed by atoms with Crippen molar-refractivity contribution in [2.24, 2.45) is 0 Å². The molecule has 0 fully saturated rings. The monoisotopic (exact) mass is 444 g/mol. The lowest BCUT2D eigenvalue weighted by Gasteiger charge is -2.35. The summed E-state index contributed by atoms with van der Waals surface area (Å²) >= 11 is 0.0412. The van der Waals surface area contributed by atoms with Crippen LogP contribution < -0.4 is 0 Å². The van der Waals surface area contributed by atoms with E-state index in [0.717, 1.165) is 0 Å². The number of rotatable bonds is 2. The Hall–Kier alpha value is -2.48. The van der Waals surface area contributed by atoms with Crippen LogP contribution in [0.5, 0.6) is 0 Å². The zero-order valence-corrected chi connectivity index (χ0v) is 16.4. The highest BCUT2D eigenvalue weighted by molar-refractivity contribution is 14.2. The second-order valence-electron chi connectivity index (χ2n) is 6.49. The SMILES string of the molecule is C1=CC=CC=C(C2(C3=CC=IC=C3)c3ccccc3-c3ccccc32)C=1. The van der Waals surface area contributed by atoms with Gasteiger partial charge in [-0.05, 0) is 53.6 Å². The Labute approximate surface area is 164 Å². The topological polar surface area (TPSA) is 0 Å². The minimum atomic E-state index is -0.278. The molecule has 0 spiro atoms. The molecule has 0 saturated heterocycles. The first-order valence-electron chi connectivity index (χ1n) is 8.74. The predicted octanol–water partition coefficient (Wildman–Crippen LogP) is 6.39. The van der Waals surface area contributed by atoms with Gasteiger partial charge in [-0.25, -0.2) is 0 Å². The van der Waals surface area contributed by atoms with Crippen LogP contribution in [0.25, 0.3) is 11.1 Å². The smallest absolute Gasteiger partial charge is 0.0719 e. The minimum absolute atomic E-state index is 0.0412. The van der Waals surface area contributed by atoms with E-state index in [0.29, 0.717) is 0 Å². The van der Waals surface area contributed by atoms with Crippen LogP contribution in [0, 0.1) is 0 Å². The number of fused-ring (bicyclic) bond motifs is 3. The second kappa shape index (κ2) is 6.35. The Balaban J connectivity index is 1.95. The lowest BCUT2D eigenvalue weighted by Crippen LogP contribution is -2.29. The average Bonchev–Trinajstić information content (AvgIpc) is 2.84. The van der Waals surface area contributed by atoms with Crippen molar-refractivity contribution >= 4 is 24.7 Å². The molecule has 0 saturated carbocycles. The van der Waals surface area contributed by atoms with E-state index in [1.165, 1.54) is 33.4 Å². The molecule has 2 aliphatic carbocycles. The lowest BCUT2D eigenvalue weighted by atomic mass is 9.66. The van der Waals surface area contributed by atoms with Crippen molar-refractivity contribution in [3.8, 4) is 11.1 Å². The first kappa shape index (κ1) is 15.7. The molecule has 2 aromatic carbocycles. The molecular formula is C25H17I. The van der Waals surface area contributed by atoms with E-state index in [-0.39, 0.29) is 26.1 Å². The molecule has 0 aromatic heterocycles. The van der Waals surface area contributed by atoms with Crippen LogP contribution in [0.2, 0.25) is 0 Å². The highest BCUT2D eigenvalue weighted by Gasteiger charge is 2.47. The molecule has 2 aromatic rings. The molecule has 3 aliphatic rings. The van der Waals surface area contributed by atoms with E-state index in [2.05, 4.69) is 92.7 Å². The molecule has 0 bridgehead atoms. The molecule has 0 unspecified atom stereocenters. The summed E-state index contributed by atoms with van der Waals surface area (Å²) in [4.78, 5) is 0. The maximum absolute atomic E-state index is 3.34. The Kier molecular flexibility index (Phi) is 3.85. The van der Waals surface area contributed by atoms with Gasteiger partial charge in [-0.1, -0.05) is 99.6 Å². The number of hydrogen-bond donors (Lipinski definition) is 0. The number of benzene rings is 2. The number of hydrogen-bond acceptors (Lipinski definition) is 0. The summed E-state index contributed by atoms with van der Waals surface area (Å²) in [5.74, 6) is 0. The Morgan fingerprint density at radius 3 is 2.19 bits per heavy atom. The third-order valence-corrected chi connectivity index (χ3v) is 6.82.